The molecule has 0 aliphatic heterocycles. The van der Waals surface area contributed by atoms with Crippen LogP contribution in [0.2, 0.25) is 0 Å². The lowest BCUT2D eigenvalue weighted by Crippen LogP contribution is -2.39. The van der Waals surface area contributed by atoms with Crippen LogP contribution in [0.5, 0.6) is 0 Å². The molecule has 1 heterocycles. The Kier molecular flexibility index (Phi) is 6.13. The molecule has 0 radical (unpaired) electrons. The van der Waals surface area contributed by atoms with Crippen LogP contribution in [0.4, 0.5) is 8.78 Å². The topological polar surface area (TPSA) is 59.2 Å². The van der Waals surface area contributed by atoms with Crippen molar-refractivity contribution in [1.29, 1.82) is 0 Å². The van der Waals surface area contributed by atoms with Crippen molar-refractivity contribution in [2.75, 3.05) is 6.54 Å². The molecular formula is C21H21F2N3O2. The summed E-state index contributed by atoms with van der Waals surface area (Å²) in [4.78, 5) is 18.8. The number of rotatable bonds is 7. The van der Waals surface area contributed by atoms with Gasteiger partial charge in [-0.25, -0.2) is 8.78 Å². The number of nitrogens with zero attached hydrogens (tertiary/aromatic N) is 3. The Morgan fingerprint density at radius 1 is 1.14 bits per heavy atom. The van der Waals surface area contributed by atoms with Crippen LogP contribution in [-0.2, 0) is 6.42 Å². The summed E-state index contributed by atoms with van der Waals surface area (Å²) < 4.78 is 31.8. The quantitative estimate of drug-likeness (QED) is 0.601. The zero-order valence-corrected chi connectivity index (χ0v) is 15.7. The Hall–Kier alpha value is -3.09. The number of halogens is 2. The van der Waals surface area contributed by atoms with Gasteiger partial charge in [-0.3, -0.25) is 4.79 Å². The molecule has 1 aromatic heterocycles. The first-order valence-electron chi connectivity index (χ1n) is 9.13. The zero-order valence-electron chi connectivity index (χ0n) is 15.7. The average molecular weight is 385 g/mol. The highest BCUT2D eigenvalue weighted by atomic mass is 19.1. The summed E-state index contributed by atoms with van der Waals surface area (Å²) in [6, 6.07) is 11.4. The van der Waals surface area contributed by atoms with Crippen molar-refractivity contribution in [1.82, 2.24) is 15.0 Å². The summed E-state index contributed by atoms with van der Waals surface area (Å²) in [5, 5.41) is 3.91. The number of carbonyl (C=O) groups is 1. The third-order valence-corrected chi connectivity index (χ3v) is 4.59. The minimum absolute atomic E-state index is 0.0322. The average Bonchev–Trinajstić information content (AvgIpc) is 3.17. The van der Waals surface area contributed by atoms with E-state index in [0.717, 1.165) is 6.42 Å². The van der Waals surface area contributed by atoms with Gasteiger partial charge in [-0.15, -0.1) is 0 Å². The molecule has 0 N–H and O–H groups in total. The lowest BCUT2D eigenvalue weighted by atomic mass is 10.1. The molecule has 7 heteroatoms. The number of hydrogen-bond donors (Lipinski definition) is 0. The highest BCUT2D eigenvalue weighted by Gasteiger charge is 2.22. The highest BCUT2D eigenvalue weighted by Crippen LogP contribution is 2.17. The molecule has 3 aromatic rings. The van der Waals surface area contributed by atoms with Gasteiger partial charge in [0.2, 0.25) is 11.7 Å². The van der Waals surface area contributed by atoms with E-state index in [0.29, 0.717) is 35.8 Å². The smallest absolute Gasteiger partial charge is 0.254 e. The Morgan fingerprint density at radius 3 is 2.57 bits per heavy atom. The molecule has 3 rings (SSSR count). The maximum Gasteiger partial charge on any atom is 0.254 e. The molecule has 1 atom stereocenters. The summed E-state index contributed by atoms with van der Waals surface area (Å²) >= 11 is 0. The number of benzene rings is 2. The van der Waals surface area contributed by atoms with E-state index in [4.69, 9.17) is 4.52 Å². The Balaban J connectivity index is 1.72. The van der Waals surface area contributed by atoms with Crippen LogP contribution in [0.3, 0.4) is 0 Å². The van der Waals surface area contributed by atoms with Crippen LogP contribution in [0, 0.1) is 11.6 Å². The van der Waals surface area contributed by atoms with Crippen LogP contribution < -0.4 is 0 Å². The maximum atomic E-state index is 13.5. The molecule has 0 unspecified atom stereocenters. The number of hydrogen-bond acceptors (Lipinski definition) is 4. The fourth-order valence-electron chi connectivity index (χ4n) is 2.82. The number of aromatic nitrogens is 2. The van der Waals surface area contributed by atoms with Crippen LogP contribution in [0.15, 0.2) is 53.1 Å². The summed E-state index contributed by atoms with van der Waals surface area (Å²) in [7, 11) is 0. The van der Waals surface area contributed by atoms with E-state index in [1.807, 2.05) is 13.8 Å². The largest absolute Gasteiger partial charge is 0.339 e. The Morgan fingerprint density at radius 2 is 1.89 bits per heavy atom. The van der Waals surface area contributed by atoms with Gasteiger partial charge in [0.1, 0.15) is 11.6 Å². The second-order valence-corrected chi connectivity index (χ2v) is 6.53. The predicted octanol–water partition coefficient (Wildman–Crippen LogP) is 4.50. The minimum Gasteiger partial charge on any atom is -0.339 e. The standard InChI is InChI=1S/C21H21F2N3O2/c1-3-14(2)26(21(27)16-5-4-6-18(23)13-16)12-11-19-24-20(25-28-19)15-7-9-17(22)10-8-15/h4-10,13-14H,3,11-12H2,1-2H3/t14-/m0/s1. The normalized spacial score (nSPS) is 12.0. The van der Waals surface area contributed by atoms with Gasteiger partial charge in [0.15, 0.2) is 0 Å². The van der Waals surface area contributed by atoms with Gasteiger partial charge >= 0.3 is 0 Å². The second kappa shape index (κ2) is 8.73. The summed E-state index contributed by atoms with van der Waals surface area (Å²) in [6.07, 6.45) is 1.12. The van der Waals surface area contributed by atoms with Gasteiger partial charge in [-0.1, -0.05) is 18.1 Å². The van der Waals surface area contributed by atoms with Gasteiger partial charge in [0.25, 0.3) is 5.91 Å². The highest BCUT2D eigenvalue weighted by molar-refractivity contribution is 5.94. The van der Waals surface area contributed by atoms with Gasteiger partial charge in [-0.2, -0.15) is 4.98 Å². The van der Waals surface area contributed by atoms with E-state index in [-0.39, 0.29) is 17.8 Å². The van der Waals surface area contributed by atoms with Gasteiger partial charge < -0.3 is 9.42 Å². The summed E-state index contributed by atoms with van der Waals surface area (Å²) in [6.45, 7) is 4.28. The van der Waals surface area contributed by atoms with Crippen molar-refractivity contribution < 1.29 is 18.1 Å². The summed E-state index contributed by atoms with van der Waals surface area (Å²) in [5.74, 6) is -0.295. The minimum atomic E-state index is -0.448. The number of carbonyl (C=O) groups excluding carboxylic acids is 1. The van der Waals surface area contributed by atoms with Gasteiger partial charge in [-0.05, 0) is 55.8 Å². The van der Waals surface area contributed by atoms with Crippen molar-refractivity contribution in [3.8, 4) is 11.4 Å². The molecule has 0 fully saturated rings. The van der Waals surface area contributed by atoms with Crippen molar-refractivity contribution >= 4 is 5.91 Å². The molecule has 146 valence electrons. The molecule has 2 aromatic carbocycles. The third-order valence-electron chi connectivity index (χ3n) is 4.59. The van der Waals surface area contributed by atoms with Crippen LogP contribution in [-0.4, -0.2) is 33.5 Å². The van der Waals surface area contributed by atoms with E-state index in [9.17, 15) is 13.6 Å². The first-order chi connectivity index (χ1) is 13.5. The van der Waals surface area contributed by atoms with Crippen LogP contribution in [0.25, 0.3) is 11.4 Å². The number of amides is 1. The lowest BCUT2D eigenvalue weighted by Gasteiger charge is -2.28. The summed E-state index contributed by atoms with van der Waals surface area (Å²) in [5.41, 5.74) is 0.948. The molecule has 0 aliphatic rings. The molecule has 0 spiro atoms. The zero-order chi connectivity index (χ0) is 20.1. The first-order valence-corrected chi connectivity index (χ1v) is 9.13. The molecule has 1 amide bonds. The Labute approximate surface area is 162 Å². The van der Waals surface area contributed by atoms with E-state index in [2.05, 4.69) is 10.1 Å². The molecule has 0 saturated heterocycles. The molecule has 0 saturated carbocycles. The monoisotopic (exact) mass is 385 g/mol. The van der Waals surface area contributed by atoms with Crippen LogP contribution in [0.1, 0.15) is 36.5 Å². The van der Waals surface area contributed by atoms with E-state index >= 15 is 0 Å². The van der Waals surface area contributed by atoms with Crippen molar-refractivity contribution in [2.45, 2.75) is 32.7 Å². The first kappa shape index (κ1) is 19.7. The van der Waals surface area contributed by atoms with Crippen molar-refractivity contribution in [3.63, 3.8) is 0 Å². The fraction of sp³-hybridized carbons (Fsp3) is 0.286. The third kappa shape index (κ3) is 4.60. The van der Waals surface area contributed by atoms with Crippen molar-refractivity contribution in [2.24, 2.45) is 0 Å². The molecule has 5 nitrogen and oxygen atoms in total. The molecule has 0 bridgehead atoms. The van der Waals surface area contributed by atoms with E-state index < -0.39 is 5.82 Å². The maximum absolute atomic E-state index is 13.5. The van der Waals surface area contributed by atoms with Crippen LogP contribution >= 0.6 is 0 Å². The SMILES string of the molecule is CC[C@H](C)N(CCc1nc(-c2ccc(F)cc2)no1)C(=O)c1cccc(F)c1. The molecular weight excluding hydrogens is 364 g/mol. The Bertz CT molecular complexity index is 941. The molecule has 28 heavy (non-hydrogen) atoms. The van der Waals surface area contributed by atoms with Gasteiger partial charge in [0, 0.05) is 30.1 Å². The fourth-order valence-corrected chi connectivity index (χ4v) is 2.82. The van der Waals surface area contributed by atoms with Crippen molar-refractivity contribution in [3.05, 3.63) is 71.6 Å². The lowest BCUT2D eigenvalue weighted by molar-refractivity contribution is 0.0686. The molecule has 0 aliphatic carbocycles. The second-order valence-electron chi connectivity index (χ2n) is 6.53. The predicted molar refractivity (Wildman–Crippen MR) is 101 cm³/mol. The van der Waals surface area contributed by atoms with Gasteiger partial charge in [0.05, 0.1) is 0 Å². The van der Waals surface area contributed by atoms with E-state index in [1.165, 1.54) is 30.3 Å². The van der Waals surface area contributed by atoms with E-state index in [1.54, 1.807) is 23.1 Å².